The number of hydrogen-bond donors (Lipinski definition) is 1. The van der Waals surface area contributed by atoms with Crippen LogP contribution in [0, 0.1) is 11.8 Å². The van der Waals surface area contributed by atoms with Gasteiger partial charge in [0.2, 0.25) is 0 Å². The molecule has 0 aliphatic heterocycles. The molecule has 0 heterocycles. The van der Waals surface area contributed by atoms with Crippen molar-refractivity contribution in [2.45, 2.75) is 66.5 Å². The average molecular weight is 356 g/mol. The van der Waals surface area contributed by atoms with Gasteiger partial charge in [-0.2, -0.15) is 0 Å². The molecule has 0 aromatic heterocycles. The minimum atomic E-state index is 0. The van der Waals surface area contributed by atoms with Crippen molar-refractivity contribution in [3.05, 3.63) is 18.0 Å². The second-order valence-corrected chi connectivity index (χ2v) is 7.72. The molecule has 0 spiro atoms. The highest BCUT2D eigenvalue weighted by molar-refractivity contribution is 5.08. The summed E-state index contributed by atoms with van der Waals surface area (Å²) in [5.74, 6) is 1.03. The van der Waals surface area contributed by atoms with E-state index in [0.29, 0.717) is 24.6 Å². The van der Waals surface area contributed by atoms with Gasteiger partial charge in [0.25, 0.3) is 0 Å². The first-order chi connectivity index (χ1) is 11.8. The van der Waals surface area contributed by atoms with E-state index in [4.69, 9.17) is 4.74 Å². The molecule has 0 aromatic rings. The first-order valence-electron chi connectivity index (χ1n) is 9.92. The highest BCUT2D eigenvalue weighted by Gasteiger charge is 2.22. The van der Waals surface area contributed by atoms with Crippen LogP contribution in [-0.4, -0.2) is 62.4 Å². The van der Waals surface area contributed by atoms with E-state index in [0.717, 1.165) is 31.8 Å². The third kappa shape index (κ3) is 8.91. The molecule has 0 amide bonds. The summed E-state index contributed by atoms with van der Waals surface area (Å²) >= 11 is 0. The van der Waals surface area contributed by atoms with E-state index in [1.54, 1.807) is 0 Å². The van der Waals surface area contributed by atoms with Gasteiger partial charge in [-0.05, 0) is 38.3 Å². The Morgan fingerprint density at radius 2 is 1.68 bits per heavy atom. The molecule has 150 valence electrons. The zero-order chi connectivity index (χ0) is 19.4. The Morgan fingerprint density at radius 3 is 2.12 bits per heavy atom. The molecule has 0 bridgehead atoms. The maximum atomic E-state index is 6.01. The number of nitrogens with zero attached hydrogens (tertiary/aromatic N) is 2. The summed E-state index contributed by atoms with van der Waals surface area (Å²) in [7, 11) is 4.31. The summed E-state index contributed by atoms with van der Waals surface area (Å²) in [4.78, 5) is 4.66. The van der Waals surface area contributed by atoms with Crippen LogP contribution in [0.5, 0.6) is 0 Å². The summed E-state index contributed by atoms with van der Waals surface area (Å²) in [5, 5.41) is 3.55. The number of rotatable bonds is 14. The Morgan fingerprint density at radius 1 is 1.08 bits per heavy atom. The maximum Gasteiger partial charge on any atom is 0.0971 e. The molecule has 0 radical (unpaired) electrons. The lowest BCUT2D eigenvalue weighted by Gasteiger charge is -2.33. The van der Waals surface area contributed by atoms with Crippen LogP contribution in [0.1, 0.15) is 55.8 Å². The number of likely N-dealkylation sites (N-methyl/N-ethyl adjacent to an activating group) is 2. The van der Waals surface area contributed by atoms with Crippen molar-refractivity contribution in [3.8, 4) is 0 Å². The van der Waals surface area contributed by atoms with Crippen molar-refractivity contribution in [2.24, 2.45) is 11.8 Å². The van der Waals surface area contributed by atoms with Gasteiger partial charge in [-0.1, -0.05) is 48.1 Å². The van der Waals surface area contributed by atoms with Gasteiger partial charge in [-0.3, -0.25) is 5.32 Å². The van der Waals surface area contributed by atoms with Gasteiger partial charge in [0.05, 0.1) is 25.1 Å². The zero-order valence-corrected chi connectivity index (χ0v) is 18.1. The predicted molar refractivity (Wildman–Crippen MR) is 112 cm³/mol. The second-order valence-electron chi connectivity index (χ2n) is 7.72. The van der Waals surface area contributed by atoms with Gasteiger partial charge in [0.15, 0.2) is 0 Å². The SMILES string of the molecule is C=C=C([C@@H](NCOC[C@H](C(C)C)N(C)CCC)C(C)C)N(C)CCC.[HH]. The fourth-order valence-corrected chi connectivity index (χ4v) is 3.26. The summed E-state index contributed by atoms with van der Waals surface area (Å²) in [5.41, 5.74) is 4.27. The molecule has 4 heteroatoms. The van der Waals surface area contributed by atoms with E-state index >= 15 is 0 Å². The molecule has 1 N–H and O–H groups in total. The van der Waals surface area contributed by atoms with Gasteiger partial charge < -0.3 is 14.5 Å². The fourth-order valence-electron chi connectivity index (χ4n) is 3.26. The monoisotopic (exact) mass is 355 g/mol. The van der Waals surface area contributed by atoms with Crippen molar-refractivity contribution < 1.29 is 6.16 Å². The third-order valence-electron chi connectivity index (χ3n) is 4.72. The fraction of sp³-hybridized carbons (Fsp3) is 0.857. The van der Waals surface area contributed by atoms with Crippen LogP contribution >= 0.6 is 0 Å². The van der Waals surface area contributed by atoms with E-state index in [9.17, 15) is 0 Å². The van der Waals surface area contributed by atoms with Gasteiger partial charge in [-0.15, -0.1) is 5.73 Å². The molecule has 2 atom stereocenters. The molecule has 0 saturated carbocycles. The Balaban J connectivity index is 0. The first-order valence-corrected chi connectivity index (χ1v) is 9.92. The Kier molecular flexibility index (Phi) is 13.0. The van der Waals surface area contributed by atoms with Gasteiger partial charge in [-0.25, -0.2) is 0 Å². The van der Waals surface area contributed by atoms with Crippen LogP contribution < -0.4 is 5.32 Å². The topological polar surface area (TPSA) is 27.7 Å². The third-order valence-corrected chi connectivity index (χ3v) is 4.72. The molecule has 0 saturated heterocycles. The molecule has 0 rings (SSSR count). The summed E-state index contributed by atoms with van der Waals surface area (Å²) in [6.07, 6.45) is 2.29. The lowest BCUT2D eigenvalue weighted by molar-refractivity contribution is 0.0360. The number of nitrogens with one attached hydrogen (secondary N) is 1. The lowest BCUT2D eigenvalue weighted by Crippen LogP contribution is -2.44. The Labute approximate surface area is 158 Å². The molecule has 0 unspecified atom stereocenters. The maximum absolute atomic E-state index is 6.01. The minimum absolute atomic E-state index is 0. The molecule has 4 nitrogen and oxygen atoms in total. The lowest BCUT2D eigenvalue weighted by atomic mass is 10.0. The summed E-state index contributed by atoms with van der Waals surface area (Å²) < 4.78 is 6.01. The second kappa shape index (κ2) is 13.4. The standard InChI is InChI=1S/C21H43N3O.H2/c1-10-13-23(8)19(12-3)21(18(6)7)22-16-25-15-20(17(4)5)24(9)14-11-2;/h17-18,20-22H,3,10-11,13-16H2,1-2,4-9H3;1H/t20-,21+;/m1./s1. The Bertz CT molecular complexity index is 395. The molecule has 25 heavy (non-hydrogen) atoms. The number of ether oxygens (including phenoxy) is 1. The smallest absolute Gasteiger partial charge is 0.0971 e. The molecule has 0 aliphatic rings. The van der Waals surface area contributed by atoms with E-state index in [-0.39, 0.29) is 7.47 Å². The highest BCUT2D eigenvalue weighted by Crippen LogP contribution is 2.15. The average Bonchev–Trinajstić information content (AvgIpc) is 2.53. The van der Waals surface area contributed by atoms with E-state index in [1.807, 2.05) is 0 Å². The number of hydrogen-bond acceptors (Lipinski definition) is 4. The quantitative estimate of drug-likeness (QED) is 0.287. The predicted octanol–water partition coefficient (Wildman–Crippen LogP) is 4.20. The van der Waals surface area contributed by atoms with E-state index < -0.39 is 0 Å². The first kappa shape index (κ1) is 24.2. The minimum Gasteiger partial charge on any atom is -0.370 e. The highest BCUT2D eigenvalue weighted by atomic mass is 16.5. The van der Waals surface area contributed by atoms with Crippen LogP contribution in [0.3, 0.4) is 0 Å². The largest absolute Gasteiger partial charge is 0.370 e. The van der Waals surface area contributed by atoms with Crippen molar-refractivity contribution >= 4 is 0 Å². The van der Waals surface area contributed by atoms with Crippen LogP contribution in [0.2, 0.25) is 0 Å². The van der Waals surface area contributed by atoms with Crippen molar-refractivity contribution in [2.75, 3.05) is 40.5 Å². The Hall–Kier alpha value is -0.800. The molecular weight excluding hydrogens is 310 g/mol. The van der Waals surface area contributed by atoms with Gasteiger partial charge in [0.1, 0.15) is 0 Å². The van der Waals surface area contributed by atoms with E-state index in [2.05, 4.69) is 83.1 Å². The molecule has 0 fully saturated rings. The molecular formula is C21H45N3O. The zero-order valence-electron chi connectivity index (χ0n) is 18.1. The van der Waals surface area contributed by atoms with Gasteiger partial charge in [0, 0.05) is 21.1 Å². The molecule has 0 aliphatic carbocycles. The van der Waals surface area contributed by atoms with Crippen molar-refractivity contribution in [3.63, 3.8) is 0 Å². The summed E-state index contributed by atoms with van der Waals surface area (Å²) in [6, 6.07) is 0.663. The summed E-state index contributed by atoms with van der Waals surface area (Å²) in [6.45, 7) is 20.7. The van der Waals surface area contributed by atoms with Crippen LogP contribution in [0.25, 0.3) is 0 Å². The van der Waals surface area contributed by atoms with E-state index in [1.165, 1.54) is 6.42 Å². The normalized spacial score (nSPS) is 14.0. The van der Waals surface area contributed by atoms with Crippen molar-refractivity contribution in [1.82, 2.24) is 15.1 Å². The molecule has 0 aromatic carbocycles. The van der Waals surface area contributed by atoms with Crippen LogP contribution in [0.4, 0.5) is 0 Å². The van der Waals surface area contributed by atoms with Crippen LogP contribution in [0.15, 0.2) is 18.0 Å². The van der Waals surface area contributed by atoms with Crippen molar-refractivity contribution in [1.29, 1.82) is 0 Å². The van der Waals surface area contributed by atoms with Crippen LogP contribution in [-0.2, 0) is 4.74 Å². The van der Waals surface area contributed by atoms with Gasteiger partial charge >= 0.3 is 0 Å².